The number of aromatic nitrogens is 1. The number of nitrogens with zero attached hydrogens (tertiary/aromatic N) is 2. The third-order valence-electron chi connectivity index (χ3n) is 12.4. The summed E-state index contributed by atoms with van der Waals surface area (Å²) in [4.78, 5) is 2.41. The van der Waals surface area contributed by atoms with Gasteiger partial charge in [-0.2, -0.15) is 0 Å². The monoisotopic (exact) mass is 690 g/mol. The van der Waals surface area contributed by atoms with Crippen LogP contribution in [0.1, 0.15) is 30.5 Å². The first-order valence-electron chi connectivity index (χ1n) is 19.0. The predicted octanol–water partition coefficient (Wildman–Crippen LogP) is 11.0. The van der Waals surface area contributed by atoms with Crippen molar-refractivity contribution in [3.63, 3.8) is 0 Å². The Balaban J connectivity index is 1.12. The molecule has 0 unspecified atom stereocenters. The topological polar surface area (TPSA) is 17.4 Å². The summed E-state index contributed by atoms with van der Waals surface area (Å²) in [7, 11) is 0. The number of benzene rings is 8. The molecule has 1 aliphatic carbocycles. The molecule has 0 fully saturated rings. The van der Waals surface area contributed by atoms with Gasteiger partial charge in [0.05, 0.1) is 11.2 Å². The van der Waals surface area contributed by atoms with Gasteiger partial charge in [0, 0.05) is 44.2 Å². The molecule has 0 amide bonds. The maximum atomic E-state index is 7.08. The lowest BCUT2D eigenvalue weighted by atomic mass is 9.34. The van der Waals surface area contributed by atoms with Crippen molar-refractivity contribution in [2.24, 2.45) is 0 Å². The fraction of sp³-hybridized carbons (Fsp3) is 0.0800. The maximum absolute atomic E-state index is 7.08. The molecule has 3 nitrogen and oxygen atoms in total. The highest BCUT2D eigenvalue weighted by molar-refractivity contribution is 6.99. The normalized spacial score (nSPS) is 14.1. The lowest BCUT2D eigenvalue weighted by Crippen LogP contribution is -2.58. The quantitative estimate of drug-likeness (QED) is 0.172. The van der Waals surface area contributed by atoms with Crippen LogP contribution in [0, 0.1) is 6.92 Å². The molecule has 0 bridgehead atoms. The summed E-state index contributed by atoms with van der Waals surface area (Å²) in [5.41, 5.74) is 17.3. The van der Waals surface area contributed by atoms with E-state index in [1.165, 1.54) is 88.2 Å². The Kier molecular flexibility index (Phi) is 5.86. The molecule has 1 aromatic heterocycles. The number of anilines is 3. The minimum absolute atomic E-state index is 0.0589. The highest BCUT2D eigenvalue weighted by Gasteiger charge is 2.44. The lowest BCUT2D eigenvalue weighted by Gasteiger charge is -2.34. The molecule has 0 saturated heterocycles. The molecule has 8 aromatic carbocycles. The fourth-order valence-corrected chi connectivity index (χ4v) is 10.1. The van der Waals surface area contributed by atoms with Crippen molar-refractivity contribution < 1.29 is 4.74 Å². The number of fused-ring (bicyclic) bond motifs is 12. The Labute approximate surface area is 314 Å². The second-order valence-corrected chi connectivity index (χ2v) is 15.8. The third kappa shape index (κ3) is 3.82. The summed E-state index contributed by atoms with van der Waals surface area (Å²) in [6.45, 7) is 7.06. The van der Waals surface area contributed by atoms with Gasteiger partial charge >= 0.3 is 0 Å². The lowest BCUT2D eigenvalue weighted by molar-refractivity contribution is 0.486. The highest BCUT2D eigenvalue weighted by Crippen LogP contribution is 2.55. The second kappa shape index (κ2) is 10.5. The van der Waals surface area contributed by atoms with Crippen LogP contribution in [-0.2, 0) is 5.41 Å². The molecule has 2 aliphatic heterocycles. The molecule has 254 valence electrons. The Morgan fingerprint density at radius 3 is 2.00 bits per heavy atom. The van der Waals surface area contributed by atoms with Gasteiger partial charge in [0.1, 0.15) is 11.5 Å². The molecular weight excluding hydrogens is 655 g/mol. The van der Waals surface area contributed by atoms with Gasteiger partial charge in [-0.25, -0.2) is 0 Å². The van der Waals surface area contributed by atoms with Crippen LogP contribution in [0.25, 0.3) is 49.4 Å². The van der Waals surface area contributed by atoms with Gasteiger partial charge in [0.2, 0.25) is 0 Å². The average molecular weight is 691 g/mol. The molecule has 0 atom stereocenters. The van der Waals surface area contributed by atoms with Crippen molar-refractivity contribution in [1.82, 2.24) is 4.57 Å². The van der Waals surface area contributed by atoms with Crippen LogP contribution < -0.4 is 26.0 Å². The van der Waals surface area contributed by atoms with Gasteiger partial charge in [0.25, 0.3) is 6.71 Å². The summed E-state index contributed by atoms with van der Waals surface area (Å²) in [6, 6.07) is 58.1. The molecule has 0 spiro atoms. The standard InChI is InChI=1S/C50H35BN2O/c1-30-25-44-48-46(26-30)54-45-27-37-38(28-41(45)51(48)40-23-14-22-36-34-20-12-13-24-42(34)53(44)49(36)40)50(2,3)39-29-43(33-19-10-11-21-35(33)47(37)39)52(31-15-6-4-7-16-31)32-17-8-5-9-18-32/h4-29H,1-3H3. The zero-order valence-corrected chi connectivity index (χ0v) is 30.4. The molecule has 0 saturated carbocycles. The summed E-state index contributed by atoms with van der Waals surface area (Å²) < 4.78 is 9.57. The molecule has 3 aliphatic rings. The predicted molar refractivity (Wildman–Crippen MR) is 226 cm³/mol. The maximum Gasteiger partial charge on any atom is 0.256 e. The van der Waals surface area contributed by atoms with E-state index in [0.717, 1.165) is 22.9 Å². The van der Waals surface area contributed by atoms with Crippen molar-refractivity contribution >= 4 is 72.7 Å². The van der Waals surface area contributed by atoms with Gasteiger partial charge in [-0.1, -0.05) is 117 Å². The first kappa shape index (κ1) is 30.0. The largest absolute Gasteiger partial charge is 0.458 e. The molecule has 54 heavy (non-hydrogen) atoms. The second-order valence-electron chi connectivity index (χ2n) is 15.8. The molecule has 0 radical (unpaired) electrons. The van der Waals surface area contributed by atoms with Gasteiger partial charge in [-0.15, -0.1) is 0 Å². The van der Waals surface area contributed by atoms with Crippen molar-refractivity contribution in [2.45, 2.75) is 26.2 Å². The Morgan fingerprint density at radius 2 is 1.24 bits per heavy atom. The van der Waals surface area contributed by atoms with Crippen LogP contribution in [0.4, 0.5) is 17.1 Å². The molecule has 0 N–H and O–H groups in total. The zero-order chi connectivity index (χ0) is 35.9. The van der Waals surface area contributed by atoms with Gasteiger partial charge in [-0.3, -0.25) is 0 Å². The van der Waals surface area contributed by atoms with Crippen LogP contribution in [0.5, 0.6) is 11.5 Å². The Morgan fingerprint density at radius 1 is 0.574 bits per heavy atom. The SMILES string of the molecule is Cc1cc2c3c(c1)-n1c4ccccc4c4cccc(c41)B3c1cc3c(cc1O2)-c1c(cc(N(c2ccccc2)c2ccccc2)c2ccccc12)C3(C)C. The van der Waals surface area contributed by atoms with Crippen LogP contribution in [-0.4, -0.2) is 11.3 Å². The number of hydrogen-bond acceptors (Lipinski definition) is 2. The van der Waals surface area contributed by atoms with Crippen LogP contribution in [0.2, 0.25) is 0 Å². The number of ether oxygens (including phenoxy) is 1. The van der Waals surface area contributed by atoms with Gasteiger partial charge in [0.15, 0.2) is 0 Å². The van der Waals surface area contributed by atoms with E-state index in [9.17, 15) is 0 Å². The fourth-order valence-electron chi connectivity index (χ4n) is 10.1. The number of aryl methyl sites for hydroxylation is 1. The van der Waals surface area contributed by atoms with E-state index in [-0.39, 0.29) is 12.1 Å². The molecule has 4 heteroatoms. The minimum atomic E-state index is -0.260. The van der Waals surface area contributed by atoms with E-state index in [1.807, 2.05) is 0 Å². The van der Waals surface area contributed by atoms with Crippen molar-refractivity contribution in [2.75, 3.05) is 4.90 Å². The van der Waals surface area contributed by atoms with Crippen molar-refractivity contribution in [3.8, 4) is 28.3 Å². The van der Waals surface area contributed by atoms with Crippen molar-refractivity contribution in [3.05, 3.63) is 174 Å². The minimum Gasteiger partial charge on any atom is -0.458 e. The van der Waals surface area contributed by atoms with Crippen LogP contribution >= 0.6 is 0 Å². The van der Waals surface area contributed by atoms with E-state index in [4.69, 9.17) is 4.74 Å². The smallest absolute Gasteiger partial charge is 0.256 e. The Bertz CT molecular complexity index is 3030. The van der Waals surface area contributed by atoms with E-state index in [0.29, 0.717) is 0 Å². The summed E-state index contributed by atoms with van der Waals surface area (Å²) in [5, 5.41) is 5.08. The van der Waals surface area contributed by atoms with Crippen LogP contribution in [0.15, 0.2) is 158 Å². The van der Waals surface area contributed by atoms with Crippen molar-refractivity contribution in [1.29, 1.82) is 0 Å². The molecule has 3 heterocycles. The average Bonchev–Trinajstić information content (AvgIpc) is 3.65. The number of para-hydroxylation sites is 4. The van der Waals surface area contributed by atoms with E-state index < -0.39 is 0 Å². The first-order chi connectivity index (χ1) is 26.5. The summed E-state index contributed by atoms with van der Waals surface area (Å²) >= 11 is 0. The number of hydrogen-bond donors (Lipinski definition) is 0. The zero-order valence-electron chi connectivity index (χ0n) is 30.4. The molecule has 9 aromatic rings. The number of rotatable bonds is 3. The van der Waals surface area contributed by atoms with E-state index in [2.05, 4.69) is 188 Å². The Hall–Kier alpha value is -6.52. The summed E-state index contributed by atoms with van der Waals surface area (Å²) in [6.07, 6.45) is 0. The molecular formula is C50H35BN2O. The third-order valence-corrected chi connectivity index (χ3v) is 12.4. The summed E-state index contributed by atoms with van der Waals surface area (Å²) in [5.74, 6) is 1.92. The van der Waals surface area contributed by atoms with E-state index >= 15 is 0 Å². The van der Waals surface area contributed by atoms with Gasteiger partial charge < -0.3 is 14.2 Å². The highest BCUT2D eigenvalue weighted by atomic mass is 16.5. The van der Waals surface area contributed by atoms with Crippen LogP contribution in [0.3, 0.4) is 0 Å². The molecule has 12 rings (SSSR count). The van der Waals surface area contributed by atoms with Gasteiger partial charge in [-0.05, 0) is 111 Å². The van der Waals surface area contributed by atoms with E-state index in [1.54, 1.807) is 0 Å². The first-order valence-corrected chi connectivity index (χ1v) is 19.0.